The molecule has 3 aromatic rings. The van der Waals surface area contributed by atoms with E-state index in [1.807, 2.05) is 6.07 Å². The van der Waals surface area contributed by atoms with Crippen molar-refractivity contribution in [1.29, 1.82) is 0 Å². The van der Waals surface area contributed by atoms with Gasteiger partial charge in [-0.1, -0.05) is 19.2 Å². The summed E-state index contributed by atoms with van der Waals surface area (Å²) in [6, 6.07) is 10.8. The van der Waals surface area contributed by atoms with Crippen LogP contribution in [0.15, 0.2) is 59.5 Å². The van der Waals surface area contributed by atoms with Gasteiger partial charge in [-0.3, -0.25) is 9.35 Å². The molecule has 4 aliphatic rings. The zero-order valence-corrected chi connectivity index (χ0v) is 23.3. The molecule has 0 bridgehead atoms. The van der Waals surface area contributed by atoms with Gasteiger partial charge in [0, 0.05) is 53.8 Å². The SMILES string of the molecule is C=C1C2=[N+](CCC3OC4CCn5c(c(=C)c6cc(CC(=O)NCCN)ccc65)=C4C=C23)c2ccc(S(=O)(=O)O)cc21. The van der Waals surface area contributed by atoms with E-state index in [4.69, 9.17) is 10.5 Å². The van der Waals surface area contributed by atoms with Crippen molar-refractivity contribution in [3.8, 4) is 0 Å². The van der Waals surface area contributed by atoms with Crippen molar-refractivity contribution >= 4 is 56.1 Å². The van der Waals surface area contributed by atoms with Crippen molar-refractivity contribution in [1.82, 2.24) is 9.88 Å². The summed E-state index contributed by atoms with van der Waals surface area (Å²) in [4.78, 5) is 12.2. The van der Waals surface area contributed by atoms with Crippen molar-refractivity contribution in [3.05, 3.63) is 76.3 Å². The van der Waals surface area contributed by atoms with Gasteiger partial charge in [0.1, 0.15) is 0 Å². The van der Waals surface area contributed by atoms with E-state index in [9.17, 15) is 17.8 Å². The molecular formula is C31H31N4O5S+. The number of benzene rings is 2. The number of hydrogen-bond acceptors (Lipinski definition) is 5. The molecule has 2 aromatic carbocycles. The molecule has 210 valence electrons. The number of aryl methyl sites for hydroxylation is 1. The molecule has 1 amide bonds. The van der Waals surface area contributed by atoms with Crippen molar-refractivity contribution in [2.45, 2.75) is 42.9 Å². The molecule has 0 saturated heterocycles. The number of ether oxygens (including phenoxy) is 1. The quantitative estimate of drug-likeness (QED) is 0.314. The van der Waals surface area contributed by atoms with E-state index >= 15 is 0 Å². The molecule has 9 nitrogen and oxygen atoms in total. The van der Waals surface area contributed by atoms with Crippen LogP contribution in [0.3, 0.4) is 0 Å². The van der Waals surface area contributed by atoms with Gasteiger partial charge >= 0.3 is 0 Å². The number of nitrogens with zero attached hydrogens (tertiary/aromatic N) is 2. The van der Waals surface area contributed by atoms with Crippen LogP contribution in [-0.4, -0.2) is 65.6 Å². The predicted molar refractivity (Wildman–Crippen MR) is 157 cm³/mol. The number of fused-ring (bicyclic) bond motifs is 8. The Morgan fingerprint density at radius 3 is 2.78 bits per heavy atom. The third-order valence-electron chi connectivity index (χ3n) is 8.61. The highest BCUT2D eigenvalue weighted by molar-refractivity contribution is 7.85. The summed E-state index contributed by atoms with van der Waals surface area (Å²) >= 11 is 0. The van der Waals surface area contributed by atoms with Crippen molar-refractivity contribution < 1.29 is 27.1 Å². The molecule has 0 saturated carbocycles. The fourth-order valence-electron chi connectivity index (χ4n) is 6.81. The number of rotatable bonds is 5. The smallest absolute Gasteiger partial charge is 0.294 e. The molecule has 2 atom stereocenters. The lowest BCUT2D eigenvalue weighted by molar-refractivity contribution is -0.443. The largest absolute Gasteiger partial charge is 0.365 e. The molecule has 4 N–H and O–H groups in total. The maximum absolute atomic E-state index is 12.3. The van der Waals surface area contributed by atoms with Crippen LogP contribution in [0.5, 0.6) is 0 Å². The first kappa shape index (κ1) is 26.1. The lowest BCUT2D eigenvalue weighted by Crippen LogP contribution is -2.46. The van der Waals surface area contributed by atoms with E-state index in [0.29, 0.717) is 24.2 Å². The van der Waals surface area contributed by atoms with Gasteiger partial charge < -0.3 is 20.4 Å². The Balaban J connectivity index is 1.35. The number of amides is 1. The van der Waals surface area contributed by atoms with E-state index in [1.165, 1.54) is 12.1 Å². The topological polar surface area (TPSA) is 127 Å². The highest BCUT2D eigenvalue weighted by Gasteiger charge is 2.46. The van der Waals surface area contributed by atoms with Crippen LogP contribution < -0.4 is 21.6 Å². The second-order valence-corrected chi connectivity index (χ2v) is 12.4. The van der Waals surface area contributed by atoms with Crippen LogP contribution in [0.1, 0.15) is 24.0 Å². The van der Waals surface area contributed by atoms with Crippen LogP contribution in [0, 0.1) is 0 Å². The highest BCUT2D eigenvalue weighted by Crippen LogP contribution is 2.43. The minimum absolute atomic E-state index is 0.0575. The van der Waals surface area contributed by atoms with Crippen LogP contribution in [0.4, 0.5) is 5.69 Å². The average Bonchev–Trinajstić information content (AvgIpc) is 3.41. The van der Waals surface area contributed by atoms with E-state index in [-0.39, 0.29) is 29.4 Å². The molecule has 1 aromatic heterocycles. The average molecular weight is 572 g/mol. The van der Waals surface area contributed by atoms with Gasteiger partial charge in [0.2, 0.25) is 17.3 Å². The standard InChI is InChI=1S/C31H30N4O5S/c1-17-21-13-19(14-29(36)33-10-9-32)3-5-25(21)34-11-7-27-23(30(17)34)16-24-28(40-27)8-12-35-26-6-4-20(41(37,38)39)15-22(26)18(2)31(24)35/h3-6,13,15-16,27-28H,1-2,7-12,14,32H2,(H-,33,36,37,38,39)/p+1. The fourth-order valence-corrected chi connectivity index (χ4v) is 7.32. The zero-order chi connectivity index (χ0) is 28.6. The maximum atomic E-state index is 12.3. The number of nitrogens with one attached hydrogen (secondary N) is 1. The molecule has 0 aliphatic carbocycles. The number of allylic oxidation sites excluding steroid dienone is 1. The Kier molecular flexibility index (Phi) is 5.95. The van der Waals surface area contributed by atoms with Gasteiger partial charge in [-0.15, -0.1) is 0 Å². The van der Waals surface area contributed by atoms with Gasteiger partial charge in [0.15, 0.2) is 6.54 Å². The Morgan fingerprint density at radius 2 is 2.00 bits per heavy atom. The van der Waals surface area contributed by atoms with Gasteiger partial charge in [-0.05, 0) is 42.3 Å². The van der Waals surface area contributed by atoms with E-state index in [0.717, 1.165) is 75.5 Å². The van der Waals surface area contributed by atoms with Crippen molar-refractivity contribution in [2.75, 3.05) is 19.6 Å². The Morgan fingerprint density at radius 1 is 1.17 bits per heavy atom. The monoisotopic (exact) mass is 571 g/mol. The fraction of sp³-hybridized carbons (Fsp3) is 0.290. The Bertz CT molecular complexity index is 1990. The van der Waals surface area contributed by atoms with E-state index in [1.54, 1.807) is 6.07 Å². The molecule has 5 heterocycles. The van der Waals surface area contributed by atoms with Crippen molar-refractivity contribution in [2.24, 2.45) is 5.73 Å². The molecular weight excluding hydrogens is 540 g/mol. The summed E-state index contributed by atoms with van der Waals surface area (Å²) in [7, 11) is -4.33. The van der Waals surface area contributed by atoms with Crippen LogP contribution in [0.2, 0.25) is 0 Å². The number of aromatic nitrogens is 1. The molecule has 2 unspecified atom stereocenters. The molecule has 41 heavy (non-hydrogen) atoms. The maximum Gasteiger partial charge on any atom is 0.294 e. The minimum atomic E-state index is -4.33. The first-order valence-corrected chi connectivity index (χ1v) is 15.2. The predicted octanol–water partition coefficient (Wildman–Crippen LogP) is 1.38. The molecule has 0 fully saturated rings. The lowest BCUT2D eigenvalue weighted by Gasteiger charge is -2.35. The highest BCUT2D eigenvalue weighted by atomic mass is 32.2. The third kappa shape index (κ3) is 4.05. The van der Waals surface area contributed by atoms with Crippen LogP contribution in [-0.2, 0) is 32.6 Å². The Labute approximate surface area is 237 Å². The lowest BCUT2D eigenvalue weighted by atomic mass is 9.86. The first-order chi connectivity index (χ1) is 19.7. The van der Waals surface area contributed by atoms with Gasteiger partial charge in [-0.2, -0.15) is 13.0 Å². The zero-order valence-electron chi connectivity index (χ0n) is 22.5. The van der Waals surface area contributed by atoms with Crippen LogP contribution in [0.25, 0.3) is 28.6 Å². The number of carbonyl (C=O) groups is 1. The normalized spacial score (nSPS) is 21.2. The second-order valence-electron chi connectivity index (χ2n) is 11.0. The second kappa shape index (κ2) is 9.35. The molecule has 0 radical (unpaired) electrons. The molecule has 0 spiro atoms. The number of carbonyl (C=O) groups excluding carboxylic acids is 1. The third-order valence-corrected chi connectivity index (χ3v) is 9.46. The summed E-state index contributed by atoms with van der Waals surface area (Å²) in [5, 5.41) is 5.80. The van der Waals surface area contributed by atoms with Gasteiger partial charge in [-0.25, -0.2) is 0 Å². The van der Waals surface area contributed by atoms with Gasteiger partial charge in [0.05, 0.1) is 45.6 Å². The molecule has 10 heteroatoms. The Hall–Kier alpha value is -3.83. The summed E-state index contributed by atoms with van der Waals surface area (Å²) in [5.41, 5.74) is 12.8. The number of hydrogen-bond donors (Lipinski definition) is 3. The summed E-state index contributed by atoms with van der Waals surface area (Å²) < 4.78 is 44.4. The van der Waals surface area contributed by atoms with Crippen LogP contribution >= 0.6 is 0 Å². The molecule has 7 rings (SSSR count). The first-order valence-electron chi connectivity index (χ1n) is 13.8. The van der Waals surface area contributed by atoms with Gasteiger partial charge in [0.25, 0.3) is 10.1 Å². The number of nitrogens with two attached hydrogens (primary N) is 1. The summed E-state index contributed by atoms with van der Waals surface area (Å²) in [6.07, 6.45) is 3.98. The van der Waals surface area contributed by atoms with Crippen molar-refractivity contribution in [3.63, 3.8) is 0 Å². The summed E-state index contributed by atoms with van der Waals surface area (Å²) in [5.74, 6) is -0.0596. The van der Waals surface area contributed by atoms with E-state index < -0.39 is 10.1 Å². The minimum Gasteiger partial charge on any atom is -0.365 e. The summed E-state index contributed by atoms with van der Waals surface area (Å²) in [6.45, 7) is 11.2. The molecule has 4 aliphatic heterocycles. The van der Waals surface area contributed by atoms with E-state index in [2.05, 4.69) is 45.8 Å².